The van der Waals surface area contributed by atoms with Gasteiger partial charge in [0.25, 0.3) is 10.0 Å². The lowest BCUT2D eigenvalue weighted by Gasteiger charge is -2.14. The van der Waals surface area contributed by atoms with Gasteiger partial charge in [0.1, 0.15) is 5.75 Å². The molecule has 1 heterocycles. The van der Waals surface area contributed by atoms with Gasteiger partial charge in [0.2, 0.25) is 0 Å². The number of sulfonamides is 1. The summed E-state index contributed by atoms with van der Waals surface area (Å²) in [6.45, 7) is 0. The topological polar surface area (TPSA) is 93.2 Å². The Bertz CT molecular complexity index is 1360. The van der Waals surface area contributed by atoms with Gasteiger partial charge in [-0.15, -0.1) is 0 Å². The standard InChI is InChI=1S/C21H16Cl2N4O3S/c1-30-14-7-9-15(10-8-14)31(28,29)27-21-20(24-13-6-11-16(22)17(23)12-13)25-18-4-2-3-5-19(18)26-21/h2-12H,1H3,(H,24,25)(H,26,27). The van der Waals surface area contributed by atoms with Crippen molar-refractivity contribution in [2.45, 2.75) is 4.90 Å². The number of rotatable bonds is 6. The zero-order chi connectivity index (χ0) is 22.0. The minimum atomic E-state index is -3.93. The number of nitrogens with one attached hydrogen (secondary N) is 2. The van der Waals surface area contributed by atoms with Crippen LogP contribution < -0.4 is 14.8 Å². The number of hydrogen-bond acceptors (Lipinski definition) is 6. The van der Waals surface area contributed by atoms with Crippen molar-refractivity contribution in [2.75, 3.05) is 17.1 Å². The van der Waals surface area contributed by atoms with Crippen LogP contribution >= 0.6 is 23.2 Å². The lowest BCUT2D eigenvalue weighted by atomic mass is 10.3. The van der Waals surface area contributed by atoms with E-state index in [1.807, 2.05) is 6.07 Å². The summed E-state index contributed by atoms with van der Waals surface area (Å²) < 4.78 is 33.5. The zero-order valence-corrected chi connectivity index (χ0v) is 18.5. The molecule has 0 aliphatic rings. The van der Waals surface area contributed by atoms with E-state index in [9.17, 15) is 8.42 Å². The highest BCUT2D eigenvalue weighted by atomic mass is 35.5. The Labute approximate surface area is 189 Å². The molecule has 0 aliphatic heterocycles. The lowest BCUT2D eigenvalue weighted by molar-refractivity contribution is 0.414. The number of halogens is 2. The Morgan fingerprint density at radius 3 is 2.10 bits per heavy atom. The van der Waals surface area contributed by atoms with E-state index in [1.165, 1.54) is 19.2 Å². The minimum Gasteiger partial charge on any atom is -0.497 e. The molecule has 7 nitrogen and oxygen atoms in total. The summed E-state index contributed by atoms with van der Waals surface area (Å²) in [5.74, 6) is 0.807. The van der Waals surface area contributed by atoms with Crippen LogP contribution in [0.3, 0.4) is 0 Å². The molecule has 0 saturated heterocycles. The van der Waals surface area contributed by atoms with E-state index in [0.717, 1.165) is 0 Å². The summed E-state index contributed by atoms with van der Waals surface area (Å²) >= 11 is 12.1. The molecule has 4 aromatic rings. The third-order valence-corrected chi connectivity index (χ3v) is 6.45. The molecule has 158 valence electrons. The number of anilines is 3. The molecular weight excluding hydrogens is 459 g/mol. The highest BCUT2D eigenvalue weighted by Gasteiger charge is 2.19. The first-order chi connectivity index (χ1) is 14.9. The molecule has 0 amide bonds. The molecule has 4 rings (SSSR count). The van der Waals surface area contributed by atoms with E-state index in [2.05, 4.69) is 20.0 Å². The van der Waals surface area contributed by atoms with E-state index in [1.54, 1.807) is 48.5 Å². The predicted molar refractivity (Wildman–Crippen MR) is 123 cm³/mol. The van der Waals surface area contributed by atoms with Gasteiger partial charge in [-0.2, -0.15) is 0 Å². The third-order valence-electron chi connectivity index (χ3n) is 4.35. The molecule has 3 aromatic carbocycles. The molecular formula is C21H16Cl2N4O3S. The Hall–Kier alpha value is -3.07. The second-order valence-electron chi connectivity index (χ2n) is 6.44. The normalized spacial score (nSPS) is 11.3. The molecule has 0 unspecified atom stereocenters. The molecule has 0 atom stereocenters. The predicted octanol–water partition coefficient (Wildman–Crippen LogP) is 5.49. The fourth-order valence-electron chi connectivity index (χ4n) is 2.81. The summed E-state index contributed by atoms with van der Waals surface area (Å²) in [4.78, 5) is 9.05. The average Bonchev–Trinajstić information content (AvgIpc) is 2.76. The summed E-state index contributed by atoms with van der Waals surface area (Å²) in [7, 11) is -2.42. The van der Waals surface area contributed by atoms with Crippen LogP contribution in [0.25, 0.3) is 11.0 Å². The van der Waals surface area contributed by atoms with Crippen LogP contribution in [-0.2, 0) is 10.0 Å². The molecule has 0 bridgehead atoms. The number of ether oxygens (including phenoxy) is 1. The van der Waals surface area contributed by atoms with E-state index in [0.29, 0.717) is 32.5 Å². The fraction of sp³-hybridized carbons (Fsp3) is 0.0476. The van der Waals surface area contributed by atoms with Crippen molar-refractivity contribution in [1.82, 2.24) is 9.97 Å². The Morgan fingerprint density at radius 2 is 1.48 bits per heavy atom. The van der Waals surface area contributed by atoms with Crippen LogP contribution in [0.15, 0.2) is 71.6 Å². The van der Waals surface area contributed by atoms with Gasteiger partial charge in [-0.05, 0) is 54.6 Å². The number of benzene rings is 3. The van der Waals surface area contributed by atoms with Gasteiger partial charge < -0.3 is 10.1 Å². The first kappa shape index (κ1) is 21.2. The molecule has 0 fully saturated rings. The maximum absolute atomic E-state index is 13.0. The smallest absolute Gasteiger partial charge is 0.263 e. The summed E-state index contributed by atoms with van der Waals surface area (Å²) in [6.07, 6.45) is 0. The van der Waals surface area contributed by atoms with Crippen molar-refractivity contribution >= 4 is 61.6 Å². The minimum absolute atomic E-state index is 0.0422. The zero-order valence-electron chi connectivity index (χ0n) is 16.1. The highest BCUT2D eigenvalue weighted by Crippen LogP contribution is 2.30. The van der Waals surface area contributed by atoms with Gasteiger partial charge >= 0.3 is 0 Å². The van der Waals surface area contributed by atoms with Crippen LogP contribution in [-0.4, -0.2) is 25.5 Å². The molecule has 0 saturated carbocycles. The maximum Gasteiger partial charge on any atom is 0.263 e. The van der Waals surface area contributed by atoms with Gasteiger partial charge in [-0.1, -0.05) is 35.3 Å². The largest absolute Gasteiger partial charge is 0.497 e. The molecule has 1 aromatic heterocycles. The number of nitrogens with zero attached hydrogens (tertiary/aromatic N) is 2. The highest BCUT2D eigenvalue weighted by molar-refractivity contribution is 7.92. The number of fused-ring (bicyclic) bond motifs is 1. The van der Waals surface area contributed by atoms with Crippen LogP contribution in [0.4, 0.5) is 17.3 Å². The molecule has 0 radical (unpaired) electrons. The SMILES string of the molecule is COc1ccc(S(=O)(=O)Nc2nc3ccccc3nc2Nc2ccc(Cl)c(Cl)c2)cc1. The fourth-order valence-corrected chi connectivity index (χ4v) is 4.12. The Morgan fingerprint density at radius 1 is 0.839 bits per heavy atom. The second kappa shape index (κ2) is 8.58. The number of aromatic nitrogens is 2. The second-order valence-corrected chi connectivity index (χ2v) is 8.94. The van der Waals surface area contributed by atoms with E-state index in [-0.39, 0.29) is 16.5 Å². The number of para-hydroxylation sites is 2. The third kappa shape index (κ3) is 4.66. The Kier molecular flexibility index (Phi) is 5.86. The van der Waals surface area contributed by atoms with Crippen molar-refractivity contribution in [2.24, 2.45) is 0 Å². The Balaban J connectivity index is 1.75. The van der Waals surface area contributed by atoms with Crippen LogP contribution in [0.2, 0.25) is 10.0 Å². The van der Waals surface area contributed by atoms with Crippen molar-refractivity contribution < 1.29 is 13.2 Å². The van der Waals surface area contributed by atoms with Gasteiger partial charge in [-0.3, -0.25) is 4.72 Å². The van der Waals surface area contributed by atoms with Gasteiger partial charge in [0, 0.05) is 5.69 Å². The number of hydrogen-bond donors (Lipinski definition) is 2. The quantitative estimate of drug-likeness (QED) is 0.383. The maximum atomic E-state index is 13.0. The van der Waals surface area contributed by atoms with Crippen molar-refractivity contribution in [3.8, 4) is 5.75 Å². The van der Waals surface area contributed by atoms with Crippen molar-refractivity contribution in [3.63, 3.8) is 0 Å². The van der Waals surface area contributed by atoms with Crippen molar-refractivity contribution in [1.29, 1.82) is 0 Å². The van der Waals surface area contributed by atoms with Crippen molar-refractivity contribution in [3.05, 3.63) is 76.8 Å². The summed E-state index contributed by atoms with van der Waals surface area (Å²) in [5.41, 5.74) is 1.70. The molecule has 0 spiro atoms. The monoisotopic (exact) mass is 474 g/mol. The summed E-state index contributed by atoms with van der Waals surface area (Å²) in [5, 5.41) is 3.81. The van der Waals surface area contributed by atoms with Crippen LogP contribution in [0.1, 0.15) is 0 Å². The van der Waals surface area contributed by atoms with Gasteiger partial charge in [-0.25, -0.2) is 18.4 Å². The van der Waals surface area contributed by atoms with Crippen LogP contribution in [0, 0.1) is 0 Å². The number of methoxy groups -OCH3 is 1. The van der Waals surface area contributed by atoms with Crippen LogP contribution in [0.5, 0.6) is 5.75 Å². The molecule has 0 aliphatic carbocycles. The molecule has 31 heavy (non-hydrogen) atoms. The lowest BCUT2D eigenvalue weighted by Crippen LogP contribution is -2.16. The van der Waals surface area contributed by atoms with Gasteiger partial charge in [0.15, 0.2) is 11.6 Å². The van der Waals surface area contributed by atoms with E-state index < -0.39 is 10.0 Å². The van der Waals surface area contributed by atoms with E-state index >= 15 is 0 Å². The van der Waals surface area contributed by atoms with E-state index in [4.69, 9.17) is 27.9 Å². The average molecular weight is 475 g/mol. The molecule has 2 N–H and O–H groups in total. The molecule has 10 heteroatoms. The van der Waals surface area contributed by atoms with Gasteiger partial charge in [0.05, 0.1) is 33.1 Å². The first-order valence-corrected chi connectivity index (χ1v) is 11.3. The summed E-state index contributed by atoms with van der Waals surface area (Å²) in [6, 6.07) is 18.1. The first-order valence-electron chi connectivity index (χ1n) is 9.01.